The molecule has 0 spiro atoms. The van der Waals surface area contributed by atoms with Gasteiger partial charge >= 0.3 is 0 Å². The molecule has 2 atom stereocenters. The predicted octanol–water partition coefficient (Wildman–Crippen LogP) is 2.33. The summed E-state index contributed by atoms with van der Waals surface area (Å²) in [5.74, 6) is 1.16. The van der Waals surface area contributed by atoms with Crippen molar-refractivity contribution in [2.45, 2.75) is 51.5 Å². The van der Waals surface area contributed by atoms with Crippen LogP contribution < -0.4 is 5.32 Å². The summed E-state index contributed by atoms with van der Waals surface area (Å²) in [5, 5.41) is 3.62. The maximum atomic E-state index is 11.5. The van der Waals surface area contributed by atoms with Crippen LogP contribution in [0.5, 0.6) is 0 Å². The van der Waals surface area contributed by atoms with Crippen molar-refractivity contribution in [3.63, 3.8) is 0 Å². The molecule has 102 valence electrons. The summed E-state index contributed by atoms with van der Waals surface area (Å²) >= 11 is 0. The van der Waals surface area contributed by atoms with Crippen molar-refractivity contribution in [1.82, 2.24) is 10.2 Å². The third-order valence-electron chi connectivity index (χ3n) is 4.14. The fourth-order valence-corrected chi connectivity index (χ4v) is 2.80. The summed E-state index contributed by atoms with van der Waals surface area (Å²) in [6.45, 7) is 5.26. The molecular formula is C15H26N2O. The molecule has 1 fully saturated rings. The lowest BCUT2D eigenvalue weighted by Crippen LogP contribution is -2.35. The van der Waals surface area contributed by atoms with Gasteiger partial charge in [-0.3, -0.25) is 4.79 Å². The number of carbonyl (C=O) groups is 1. The lowest BCUT2D eigenvalue weighted by atomic mass is 9.94. The number of hydrogen-bond acceptors (Lipinski definition) is 2. The zero-order chi connectivity index (χ0) is 12.8. The molecule has 3 nitrogen and oxygen atoms in total. The van der Waals surface area contributed by atoms with E-state index in [1.807, 2.05) is 4.90 Å². The number of amides is 1. The highest BCUT2D eigenvalue weighted by Crippen LogP contribution is 2.17. The Morgan fingerprint density at radius 3 is 3.06 bits per heavy atom. The summed E-state index contributed by atoms with van der Waals surface area (Å²) in [6.07, 6.45) is 11.3. The molecule has 0 radical (unpaired) electrons. The number of carbonyl (C=O) groups excluding carboxylic acids is 1. The first-order valence-corrected chi connectivity index (χ1v) is 7.42. The van der Waals surface area contributed by atoms with Crippen LogP contribution in [0.4, 0.5) is 0 Å². The van der Waals surface area contributed by atoms with E-state index in [4.69, 9.17) is 0 Å². The lowest BCUT2D eigenvalue weighted by molar-refractivity contribution is -0.127. The van der Waals surface area contributed by atoms with Gasteiger partial charge in [0.25, 0.3) is 0 Å². The van der Waals surface area contributed by atoms with Gasteiger partial charge in [-0.05, 0) is 51.5 Å². The van der Waals surface area contributed by atoms with Crippen LogP contribution in [0.1, 0.15) is 45.4 Å². The van der Waals surface area contributed by atoms with Gasteiger partial charge in [0.15, 0.2) is 0 Å². The van der Waals surface area contributed by atoms with Crippen molar-refractivity contribution in [3.8, 4) is 0 Å². The third kappa shape index (κ3) is 4.13. The van der Waals surface area contributed by atoms with E-state index in [1.54, 1.807) is 0 Å². The summed E-state index contributed by atoms with van der Waals surface area (Å²) in [4.78, 5) is 13.5. The highest BCUT2D eigenvalue weighted by Gasteiger charge is 2.20. The second-order valence-electron chi connectivity index (χ2n) is 5.73. The average Bonchev–Trinajstić information content (AvgIpc) is 2.81. The maximum absolute atomic E-state index is 11.5. The smallest absolute Gasteiger partial charge is 0.222 e. The van der Waals surface area contributed by atoms with Gasteiger partial charge in [0.05, 0.1) is 0 Å². The summed E-state index contributed by atoms with van der Waals surface area (Å²) in [5.41, 5.74) is 0. The van der Waals surface area contributed by atoms with Crippen LogP contribution in [0.2, 0.25) is 0 Å². The first-order chi connectivity index (χ1) is 8.75. The van der Waals surface area contributed by atoms with Crippen LogP contribution in [0.25, 0.3) is 0 Å². The van der Waals surface area contributed by atoms with Gasteiger partial charge in [-0.15, -0.1) is 0 Å². The van der Waals surface area contributed by atoms with Crippen molar-refractivity contribution in [1.29, 1.82) is 0 Å². The van der Waals surface area contributed by atoms with Crippen molar-refractivity contribution in [3.05, 3.63) is 12.2 Å². The minimum Gasteiger partial charge on any atom is -0.343 e. The summed E-state index contributed by atoms with van der Waals surface area (Å²) < 4.78 is 0. The molecule has 0 aromatic carbocycles. The highest BCUT2D eigenvalue weighted by molar-refractivity contribution is 5.77. The molecule has 3 heteroatoms. The van der Waals surface area contributed by atoms with Crippen LogP contribution >= 0.6 is 0 Å². The number of nitrogens with zero attached hydrogens (tertiary/aromatic N) is 1. The molecule has 0 saturated carbocycles. The molecular weight excluding hydrogens is 224 g/mol. The predicted molar refractivity (Wildman–Crippen MR) is 74.4 cm³/mol. The van der Waals surface area contributed by atoms with E-state index >= 15 is 0 Å². The number of nitrogens with one attached hydrogen (secondary N) is 1. The molecule has 1 aliphatic heterocycles. The monoisotopic (exact) mass is 250 g/mol. The SMILES string of the molecule is CC(CCN1CCCC1=O)NCC1CC=CCC1. The average molecular weight is 250 g/mol. The molecule has 0 bridgehead atoms. The molecule has 18 heavy (non-hydrogen) atoms. The topological polar surface area (TPSA) is 32.3 Å². The molecule has 2 rings (SSSR count). The van der Waals surface area contributed by atoms with E-state index in [2.05, 4.69) is 24.4 Å². The van der Waals surface area contributed by atoms with Crippen molar-refractivity contribution in [2.75, 3.05) is 19.6 Å². The Kier molecular flexibility index (Phi) is 5.24. The van der Waals surface area contributed by atoms with Gasteiger partial charge in [-0.2, -0.15) is 0 Å². The highest BCUT2D eigenvalue weighted by atomic mass is 16.2. The van der Waals surface area contributed by atoms with E-state index in [9.17, 15) is 4.79 Å². The zero-order valence-electron chi connectivity index (χ0n) is 11.5. The Morgan fingerprint density at radius 2 is 2.39 bits per heavy atom. The molecule has 2 unspecified atom stereocenters. The van der Waals surface area contributed by atoms with E-state index in [-0.39, 0.29) is 0 Å². The van der Waals surface area contributed by atoms with E-state index in [0.717, 1.165) is 44.8 Å². The zero-order valence-corrected chi connectivity index (χ0v) is 11.5. The number of hydrogen-bond donors (Lipinski definition) is 1. The van der Waals surface area contributed by atoms with Gasteiger partial charge in [0, 0.05) is 25.6 Å². The van der Waals surface area contributed by atoms with Gasteiger partial charge < -0.3 is 10.2 Å². The van der Waals surface area contributed by atoms with Gasteiger partial charge in [0.1, 0.15) is 0 Å². The van der Waals surface area contributed by atoms with Crippen molar-refractivity contribution in [2.24, 2.45) is 5.92 Å². The molecule has 1 saturated heterocycles. The van der Waals surface area contributed by atoms with Crippen LogP contribution in [-0.2, 0) is 4.79 Å². The summed E-state index contributed by atoms with van der Waals surface area (Å²) in [6, 6.07) is 0.518. The second kappa shape index (κ2) is 6.93. The van der Waals surface area contributed by atoms with Gasteiger partial charge in [-0.1, -0.05) is 12.2 Å². The normalized spacial score (nSPS) is 25.7. The van der Waals surface area contributed by atoms with Crippen LogP contribution in [0.15, 0.2) is 12.2 Å². The van der Waals surface area contributed by atoms with Crippen molar-refractivity contribution >= 4 is 5.91 Å². The molecule has 1 heterocycles. The fraction of sp³-hybridized carbons (Fsp3) is 0.800. The Balaban J connectivity index is 1.58. The molecule has 0 aromatic rings. The fourth-order valence-electron chi connectivity index (χ4n) is 2.80. The number of rotatable bonds is 6. The molecule has 1 N–H and O–H groups in total. The van der Waals surface area contributed by atoms with E-state index in [1.165, 1.54) is 19.3 Å². The van der Waals surface area contributed by atoms with Crippen molar-refractivity contribution < 1.29 is 4.79 Å². The number of likely N-dealkylation sites (tertiary alicyclic amines) is 1. The lowest BCUT2D eigenvalue weighted by Gasteiger charge is -2.23. The Labute approximate surface area is 111 Å². The Hall–Kier alpha value is -0.830. The van der Waals surface area contributed by atoms with Crippen LogP contribution in [-0.4, -0.2) is 36.5 Å². The molecule has 0 aromatic heterocycles. The van der Waals surface area contributed by atoms with E-state index < -0.39 is 0 Å². The minimum absolute atomic E-state index is 0.347. The third-order valence-corrected chi connectivity index (χ3v) is 4.14. The van der Waals surface area contributed by atoms with Crippen LogP contribution in [0.3, 0.4) is 0 Å². The molecule has 1 amide bonds. The molecule has 2 aliphatic rings. The quantitative estimate of drug-likeness (QED) is 0.734. The first kappa shape index (κ1) is 13.6. The maximum Gasteiger partial charge on any atom is 0.222 e. The van der Waals surface area contributed by atoms with E-state index in [0.29, 0.717) is 11.9 Å². The van der Waals surface area contributed by atoms with Gasteiger partial charge in [0.2, 0.25) is 5.91 Å². The first-order valence-electron chi connectivity index (χ1n) is 7.42. The minimum atomic E-state index is 0.347. The largest absolute Gasteiger partial charge is 0.343 e. The number of allylic oxidation sites excluding steroid dienone is 2. The van der Waals surface area contributed by atoms with Gasteiger partial charge in [-0.25, -0.2) is 0 Å². The van der Waals surface area contributed by atoms with Crippen LogP contribution in [0, 0.1) is 5.92 Å². The Morgan fingerprint density at radius 1 is 1.50 bits per heavy atom. The Bertz CT molecular complexity index is 301. The standard InChI is InChI=1S/C15H26N2O/c1-13(9-11-17-10-5-8-15(17)18)16-12-14-6-3-2-4-7-14/h2-3,13-14,16H,4-12H2,1H3. The summed E-state index contributed by atoms with van der Waals surface area (Å²) in [7, 11) is 0. The second-order valence-corrected chi connectivity index (χ2v) is 5.73. The molecule has 1 aliphatic carbocycles.